The van der Waals surface area contributed by atoms with E-state index in [1.54, 1.807) is 6.07 Å². The van der Waals surface area contributed by atoms with Gasteiger partial charge in [-0.3, -0.25) is 14.6 Å². The summed E-state index contributed by atoms with van der Waals surface area (Å²) in [5, 5.41) is 0.182. The normalized spacial score (nSPS) is 28.5. The molecule has 8 heteroatoms. The van der Waals surface area contributed by atoms with Crippen molar-refractivity contribution < 1.29 is 18.0 Å². The maximum absolute atomic E-state index is 13.2. The van der Waals surface area contributed by atoms with Crippen molar-refractivity contribution in [3.63, 3.8) is 0 Å². The molecule has 2 aliphatic rings. The number of amides is 1. The number of H-pyrrole nitrogens is 1. The van der Waals surface area contributed by atoms with Crippen LogP contribution in [0, 0.1) is 23.2 Å². The zero-order valence-electron chi connectivity index (χ0n) is 18.5. The van der Waals surface area contributed by atoms with Gasteiger partial charge in [0.15, 0.2) is 5.43 Å². The van der Waals surface area contributed by atoms with Crippen molar-refractivity contribution in [1.82, 2.24) is 9.97 Å². The van der Waals surface area contributed by atoms with Crippen molar-refractivity contribution in [2.75, 3.05) is 0 Å². The lowest BCUT2D eigenvalue weighted by Crippen LogP contribution is -2.37. The quantitative estimate of drug-likeness (QED) is 0.666. The zero-order valence-corrected chi connectivity index (χ0v) is 18.5. The Labute approximate surface area is 185 Å². The molecule has 1 amide bonds. The maximum atomic E-state index is 13.2. The van der Waals surface area contributed by atoms with Crippen LogP contribution < -0.4 is 11.2 Å². The second-order valence-corrected chi connectivity index (χ2v) is 10.4. The van der Waals surface area contributed by atoms with Crippen LogP contribution in [0.5, 0.6) is 0 Å². The number of carbonyl (C=O) groups excluding carboxylic acids is 1. The first-order valence-electron chi connectivity index (χ1n) is 11.3. The molecule has 0 spiro atoms. The highest BCUT2D eigenvalue weighted by molar-refractivity contribution is 6.03. The number of aromatic nitrogens is 2. The molecule has 2 aromatic rings. The molecule has 0 bridgehead atoms. The van der Waals surface area contributed by atoms with Gasteiger partial charge in [-0.25, -0.2) is 0 Å². The van der Waals surface area contributed by atoms with Crippen LogP contribution in [0.3, 0.4) is 0 Å². The first-order chi connectivity index (χ1) is 15.0. The van der Waals surface area contributed by atoms with Gasteiger partial charge >= 0.3 is 6.18 Å². The summed E-state index contributed by atoms with van der Waals surface area (Å²) in [5.41, 5.74) is 6.41. The molecule has 2 saturated carbocycles. The molecule has 2 heterocycles. The van der Waals surface area contributed by atoms with Crippen molar-refractivity contribution >= 4 is 16.8 Å². The highest BCUT2D eigenvalue weighted by atomic mass is 19.4. The standard InChI is InChI=1S/C24H30F3N3O2/c1-23(2)9-7-15(13-3-5-14(6-4-13)24(25,26)27)16(12-23)18-11-19(31)20-17(30-18)8-10-29-21(20)22(28)32/h8,10-11,13-16H,3-7,9,12H2,1-2H3,(H2,28,32)(H,30,31)/t13?,14?,15-,16+/m0/s1. The van der Waals surface area contributed by atoms with Crippen LogP contribution in [0.2, 0.25) is 0 Å². The van der Waals surface area contributed by atoms with E-state index in [-0.39, 0.29) is 52.5 Å². The van der Waals surface area contributed by atoms with Crippen molar-refractivity contribution in [3.8, 4) is 0 Å². The molecule has 0 aromatic carbocycles. The van der Waals surface area contributed by atoms with E-state index in [2.05, 4.69) is 23.8 Å². The number of alkyl halides is 3. The van der Waals surface area contributed by atoms with Gasteiger partial charge in [-0.15, -0.1) is 0 Å². The van der Waals surface area contributed by atoms with Crippen LogP contribution in [0.4, 0.5) is 13.2 Å². The summed E-state index contributed by atoms with van der Waals surface area (Å²) in [5.74, 6) is -1.46. The van der Waals surface area contributed by atoms with Crippen LogP contribution in [0.1, 0.15) is 80.9 Å². The van der Waals surface area contributed by atoms with Crippen LogP contribution in [0.15, 0.2) is 23.1 Å². The topological polar surface area (TPSA) is 88.8 Å². The predicted octanol–water partition coefficient (Wildman–Crippen LogP) is 5.30. The third-order valence-electron chi connectivity index (χ3n) is 7.68. The Kier molecular flexibility index (Phi) is 5.84. The summed E-state index contributed by atoms with van der Waals surface area (Å²) < 4.78 is 39.5. The average molecular weight is 450 g/mol. The Bertz CT molecular complexity index is 1070. The van der Waals surface area contributed by atoms with E-state index >= 15 is 0 Å². The minimum atomic E-state index is -4.12. The summed E-state index contributed by atoms with van der Waals surface area (Å²) in [4.78, 5) is 32.0. The number of pyridine rings is 2. The fourth-order valence-corrected chi connectivity index (χ4v) is 5.99. The largest absolute Gasteiger partial charge is 0.391 e. The predicted molar refractivity (Wildman–Crippen MR) is 116 cm³/mol. The van der Waals surface area contributed by atoms with Gasteiger partial charge < -0.3 is 10.7 Å². The smallest absolute Gasteiger partial charge is 0.364 e. The van der Waals surface area contributed by atoms with E-state index in [0.29, 0.717) is 18.4 Å². The molecule has 0 radical (unpaired) electrons. The number of rotatable bonds is 3. The molecule has 0 saturated heterocycles. The van der Waals surface area contributed by atoms with E-state index in [1.807, 2.05) is 0 Å². The van der Waals surface area contributed by atoms with Crippen molar-refractivity contribution in [3.05, 3.63) is 39.9 Å². The number of hydrogen-bond acceptors (Lipinski definition) is 3. The molecular formula is C24H30F3N3O2. The summed E-state index contributed by atoms with van der Waals surface area (Å²) in [6.45, 7) is 4.40. The Morgan fingerprint density at radius 1 is 1.19 bits per heavy atom. The van der Waals surface area contributed by atoms with Gasteiger partial charge in [0.1, 0.15) is 5.69 Å². The van der Waals surface area contributed by atoms with Crippen LogP contribution in [-0.4, -0.2) is 22.1 Å². The van der Waals surface area contributed by atoms with Crippen molar-refractivity contribution in [1.29, 1.82) is 0 Å². The van der Waals surface area contributed by atoms with Gasteiger partial charge in [0, 0.05) is 23.9 Å². The molecule has 2 aliphatic carbocycles. The lowest BCUT2D eigenvalue weighted by molar-refractivity contribution is -0.185. The average Bonchev–Trinajstić information content (AvgIpc) is 2.72. The Hall–Kier alpha value is -2.38. The molecule has 174 valence electrons. The first-order valence-corrected chi connectivity index (χ1v) is 11.3. The SMILES string of the molecule is CC1(C)CC[C@@H](C2CCC(C(F)(F)F)CC2)[C@H](c2cc(=O)c3c(C(N)=O)nccc3[nH]2)C1. The number of halogens is 3. The molecule has 3 N–H and O–H groups in total. The van der Waals surface area contributed by atoms with Gasteiger partial charge in [0.25, 0.3) is 5.91 Å². The van der Waals surface area contributed by atoms with E-state index in [1.165, 1.54) is 12.3 Å². The molecule has 2 fully saturated rings. The monoisotopic (exact) mass is 449 g/mol. The second kappa shape index (κ2) is 8.19. The maximum Gasteiger partial charge on any atom is 0.391 e. The van der Waals surface area contributed by atoms with Crippen LogP contribution in [0.25, 0.3) is 10.9 Å². The molecular weight excluding hydrogens is 419 g/mol. The lowest BCUT2D eigenvalue weighted by atomic mass is 9.60. The molecule has 0 unspecified atom stereocenters. The fourth-order valence-electron chi connectivity index (χ4n) is 5.99. The number of nitrogens with one attached hydrogen (secondary N) is 1. The van der Waals surface area contributed by atoms with Gasteiger partial charge in [-0.05, 0) is 68.3 Å². The molecule has 2 aromatic heterocycles. The Balaban J connectivity index is 1.68. The van der Waals surface area contributed by atoms with E-state index < -0.39 is 18.0 Å². The van der Waals surface area contributed by atoms with Crippen molar-refractivity contribution in [2.24, 2.45) is 28.9 Å². The summed E-state index contributed by atoms with van der Waals surface area (Å²) >= 11 is 0. The number of aromatic amines is 1. The molecule has 4 rings (SSSR count). The summed E-state index contributed by atoms with van der Waals surface area (Å²) in [7, 11) is 0. The summed E-state index contributed by atoms with van der Waals surface area (Å²) in [6.07, 6.45) is 1.64. The van der Waals surface area contributed by atoms with Crippen LogP contribution >= 0.6 is 0 Å². The Morgan fingerprint density at radius 3 is 2.50 bits per heavy atom. The van der Waals surface area contributed by atoms with Gasteiger partial charge in [0.05, 0.1) is 16.8 Å². The minimum absolute atomic E-state index is 0.0495. The number of carbonyl (C=O) groups is 1. The number of nitrogens with zero attached hydrogens (tertiary/aromatic N) is 1. The molecule has 0 aliphatic heterocycles. The highest BCUT2D eigenvalue weighted by Crippen LogP contribution is 2.52. The van der Waals surface area contributed by atoms with Gasteiger partial charge in [0.2, 0.25) is 0 Å². The minimum Gasteiger partial charge on any atom is -0.364 e. The van der Waals surface area contributed by atoms with Crippen molar-refractivity contribution in [2.45, 2.75) is 70.9 Å². The number of primary amides is 1. The van der Waals surface area contributed by atoms with Gasteiger partial charge in [-0.2, -0.15) is 13.2 Å². The molecule has 5 nitrogen and oxygen atoms in total. The third kappa shape index (κ3) is 4.41. The Morgan fingerprint density at radius 2 is 1.88 bits per heavy atom. The zero-order chi connectivity index (χ0) is 23.3. The number of hydrogen-bond donors (Lipinski definition) is 2. The third-order valence-corrected chi connectivity index (χ3v) is 7.68. The highest BCUT2D eigenvalue weighted by Gasteiger charge is 2.45. The van der Waals surface area contributed by atoms with Gasteiger partial charge in [-0.1, -0.05) is 13.8 Å². The fraction of sp³-hybridized carbons (Fsp3) is 0.625. The second-order valence-electron chi connectivity index (χ2n) is 10.4. The number of nitrogens with two attached hydrogens (primary N) is 1. The number of fused-ring (bicyclic) bond motifs is 1. The van der Waals surface area contributed by atoms with Crippen LogP contribution in [-0.2, 0) is 0 Å². The first kappa shape index (κ1) is 22.8. The molecule has 2 atom stereocenters. The van der Waals surface area contributed by atoms with E-state index in [0.717, 1.165) is 25.0 Å². The lowest BCUT2D eigenvalue weighted by Gasteiger charge is -2.46. The molecule has 32 heavy (non-hydrogen) atoms. The van der Waals surface area contributed by atoms with E-state index in [9.17, 15) is 22.8 Å². The van der Waals surface area contributed by atoms with E-state index in [4.69, 9.17) is 5.73 Å². The summed E-state index contributed by atoms with van der Waals surface area (Å²) in [6, 6.07) is 3.20.